The fraction of sp³-hybridized carbons (Fsp3) is 1.00. The molecule has 0 heterocycles. The van der Waals surface area contributed by atoms with Crippen LogP contribution in [0, 0.1) is 0 Å². The molecular formula is C2H8BrN2O3P. The van der Waals surface area contributed by atoms with Crippen molar-refractivity contribution < 1.29 is 13.8 Å². The van der Waals surface area contributed by atoms with Crippen molar-refractivity contribution in [3.05, 3.63) is 0 Å². The summed E-state index contributed by atoms with van der Waals surface area (Å²) in [5.74, 6) is 9.23. The third-order valence-electron chi connectivity index (χ3n) is 0.680. The monoisotopic (exact) mass is 218 g/mol. The van der Waals surface area contributed by atoms with Gasteiger partial charge in [-0.05, 0) is 0 Å². The lowest BCUT2D eigenvalue weighted by molar-refractivity contribution is 0.213. The molecule has 0 radical (unpaired) electrons. The van der Waals surface area contributed by atoms with E-state index in [4.69, 9.17) is 0 Å². The average molecular weight is 219 g/mol. The molecule has 0 rings (SSSR count). The Hall–Kier alpha value is 0.550. The second kappa shape index (κ2) is 4.38. The van der Waals surface area contributed by atoms with E-state index in [0.29, 0.717) is 5.33 Å². The predicted octanol–water partition coefficient (Wildman–Crippen LogP) is 0.355. The average Bonchev–Trinajstić information content (AvgIpc) is 1.89. The van der Waals surface area contributed by atoms with Crippen molar-refractivity contribution in [3.8, 4) is 0 Å². The first kappa shape index (κ1) is 9.55. The Labute approximate surface area is 61.2 Å². The second-order valence-corrected chi connectivity index (χ2v) is 4.12. The van der Waals surface area contributed by atoms with Gasteiger partial charge in [0.2, 0.25) is 0 Å². The summed E-state index contributed by atoms with van der Waals surface area (Å²) in [7, 11) is -3.17. The van der Waals surface area contributed by atoms with Crippen molar-refractivity contribution in [2.75, 3.05) is 11.5 Å². The zero-order valence-corrected chi connectivity index (χ0v) is 7.10. The Kier molecular flexibility index (Phi) is 4.65. The second-order valence-electron chi connectivity index (χ2n) is 1.23. The van der Waals surface area contributed by atoms with Gasteiger partial charge in [-0.25, -0.2) is 21.0 Å². The lowest BCUT2D eigenvalue weighted by Crippen LogP contribution is -2.08. The summed E-state index contributed by atoms with van der Waals surface area (Å²) in [6.07, 6.45) is 0.167. The van der Waals surface area contributed by atoms with Gasteiger partial charge in [0.1, 0.15) is 0 Å². The number of hydrogen-bond donors (Lipinski definition) is 2. The maximum atomic E-state index is 10.8. The number of alkyl halides is 1. The molecule has 0 unspecified atom stereocenters. The lowest BCUT2D eigenvalue weighted by atomic mass is 11.0. The predicted molar refractivity (Wildman–Crippen MR) is 36.8 cm³/mol. The van der Waals surface area contributed by atoms with Crippen LogP contribution in [0.4, 0.5) is 0 Å². The SMILES string of the molecule is NOP(=O)(CCBr)ON. The molecule has 0 aliphatic carbocycles. The van der Waals surface area contributed by atoms with Crippen LogP contribution in [-0.2, 0) is 13.8 Å². The van der Waals surface area contributed by atoms with Gasteiger partial charge in [0.25, 0.3) is 0 Å². The van der Waals surface area contributed by atoms with E-state index in [1.165, 1.54) is 0 Å². The molecule has 56 valence electrons. The molecule has 9 heavy (non-hydrogen) atoms. The molecule has 0 aromatic rings. The van der Waals surface area contributed by atoms with Gasteiger partial charge in [-0.1, -0.05) is 15.9 Å². The summed E-state index contributed by atoms with van der Waals surface area (Å²) in [6, 6.07) is 0. The van der Waals surface area contributed by atoms with Gasteiger partial charge in [0.05, 0.1) is 6.16 Å². The van der Waals surface area contributed by atoms with Crippen LogP contribution < -0.4 is 11.8 Å². The highest BCUT2D eigenvalue weighted by molar-refractivity contribution is 9.09. The maximum absolute atomic E-state index is 10.8. The van der Waals surface area contributed by atoms with Gasteiger partial charge in [-0.2, -0.15) is 0 Å². The van der Waals surface area contributed by atoms with Crippen LogP contribution in [0.3, 0.4) is 0 Å². The van der Waals surface area contributed by atoms with Gasteiger partial charge >= 0.3 is 7.60 Å². The molecule has 0 aliphatic rings. The molecule has 0 saturated heterocycles. The molecule has 0 fully saturated rings. The van der Waals surface area contributed by atoms with E-state index >= 15 is 0 Å². The van der Waals surface area contributed by atoms with Crippen molar-refractivity contribution in [3.63, 3.8) is 0 Å². The molecule has 0 saturated carbocycles. The van der Waals surface area contributed by atoms with E-state index in [1.807, 2.05) is 0 Å². The number of halogens is 1. The van der Waals surface area contributed by atoms with Crippen molar-refractivity contribution in [2.45, 2.75) is 0 Å². The van der Waals surface area contributed by atoms with Crippen molar-refractivity contribution >= 4 is 23.5 Å². The van der Waals surface area contributed by atoms with E-state index in [-0.39, 0.29) is 6.16 Å². The van der Waals surface area contributed by atoms with Gasteiger partial charge < -0.3 is 0 Å². The zero-order chi connectivity index (χ0) is 7.33. The van der Waals surface area contributed by atoms with Gasteiger partial charge in [0, 0.05) is 5.33 Å². The van der Waals surface area contributed by atoms with Gasteiger partial charge in [0.15, 0.2) is 0 Å². The molecule has 0 spiro atoms. The van der Waals surface area contributed by atoms with Crippen molar-refractivity contribution in [2.24, 2.45) is 11.8 Å². The third kappa shape index (κ3) is 3.30. The molecule has 5 nitrogen and oxygen atoms in total. The Morgan fingerprint density at radius 2 is 1.89 bits per heavy atom. The Morgan fingerprint density at radius 1 is 1.44 bits per heavy atom. The Balaban J connectivity index is 3.78. The molecule has 0 aromatic heterocycles. The molecule has 4 N–H and O–H groups in total. The normalized spacial score (nSPS) is 11.9. The highest BCUT2D eigenvalue weighted by Crippen LogP contribution is 2.43. The number of nitrogens with two attached hydrogens (primary N) is 2. The van der Waals surface area contributed by atoms with Crippen LogP contribution in [0.5, 0.6) is 0 Å². The van der Waals surface area contributed by atoms with E-state index < -0.39 is 7.60 Å². The summed E-state index contributed by atoms with van der Waals surface area (Å²) < 4.78 is 18.8. The van der Waals surface area contributed by atoms with Crippen molar-refractivity contribution in [1.29, 1.82) is 0 Å². The molecular weight excluding hydrogens is 211 g/mol. The van der Waals surface area contributed by atoms with E-state index in [1.54, 1.807) is 0 Å². The topological polar surface area (TPSA) is 87.6 Å². The smallest absolute Gasteiger partial charge is 0.257 e. The first-order valence-electron chi connectivity index (χ1n) is 2.10. The van der Waals surface area contributed by atoms with Gasteiger partial charge in [-0.15, -0.1) is 0 Å². The quantitative estimate of drug-likeness (QED) is 0.404. The molecule has 0 aromatic carbocycles. The Morgan fingerprint density at radius 3 is 2.00 bits per heavy atom. The minimum atomic E-state index is -3.17. The molecule has 0 atom stereocenters. The van der Waals surface area contributed by atoms with Crippen LogP contribution >= 0.6 is 23.5 Å². The third-order valence-corrected chi connectivity index (χ3v) is 3.10. The summed E-state index contributed by atoms with van der Waals surface area (Å²) in [6.45, 7) is 0. The molecule has 0 aliphatic heterocycles. The van der Waals surface area contributed by atoms with E-state index in [9.17, 15) is 4.57 Å². The summed E-state index contributed by atoms with van der Waals surface area (Å²) in [5.41, 5.74) is 0. The standard InChI is InChI=1S/C2H8BrN2O3P/c3-1-2-9(6,7-4)8-5/h1-2,4-5H2. The first-order valence-corrected chi connectivity index (χ1v) is 4.95. The molecule has 0 bridgehead atoms. The molecule has 7 heteroatoms. The highest BCUT2D eigenvalue weighted by atomic mass is 79.9. The summed E-state index contributed by atoms with van der Waals surface area (Å²) >= 11 is 3.02. The first-order chi connectivity index (χ1) is 4.18. The maximum Gasteiger partial charge on any atom is 0.363 e. The fourth-order valence-electron chi connectivity index (χ4n) is 0.234. The van der Waals surface area contributed by atoms with Crippen LogP contribution in [0.2, 0.25) is 0 Å². The lowest BCUT2D eigenvalue weighted by Gasteiger charge is -2.08. The van der Waals surface area contributed by atoms with Crippen LogP contribution in [-0.4, -0.2) is 11.5 Å². The highest BCUT2D eigenvalue weighted by Gasteiger charge is 2.20. The zero-order valence-electron chi connectivity index (χ0n) is 4.62. The number of rotatable bonds is 4. The molecule has 0 amide bonds. The van der Waals surface area contributed by atoms with E-state index in [2.05, 4.69) is 37.0 Å². The minimum absolute atomic E-state index is 0.167. The van der Waals surface area contributed by atoms with Crippen LogP contribution in [0.25, 0.3) is 0 Å². The number of hydrogen-bond acceptors (Lipinski definition) is 5. The van der Waals surface area contributed by atoms with Crippen LogP contribution in [0.1, 0.15) is 0 Å². The van der Waals surface area contributed by atoms with Crippen LogP contribution in [0.15, 0.2) is 0 Å². The summed E-state index contributed by atoms with van der Waals surface area (Å²) in [4.78, 5) is 0. The fourth-order valence-corrected chi connectivity index (χ4v) is 2.00. The minimum Gasteiger partial charge on any atom is -0.257 e. The van der Waals surface area contributed by atoms with Crippen molar-refractivity contribution in [1.82, 2.24) is 0 Å². The largest absolute Gasteiger partial charge is 0.363 e. The van der Waals surface area contributed by atoms with Gasteiger partial charge in [-0.3, -0.25) is 4.57 Å². The van der Waals surface area contributed by atoms with E-state index in [0.717, 1.165) is 0 Å². The Bertz CT molecular complexity index is 112. The summed E-state index contributed by atoms with van der Waals surface area (Å²) in [5, 5.41) is 0.471.